The quantitative estimate of drug-likeness (QED) is 0.693. The first-order chi connectivity index (χ1) is 7.22. The lowest BCUT2D eigenvalue weighted by Crippen LogP contribution is -2.20. The zero-order valence-electron chi connectivity index (χ0n) is 7.98. The average Bonchev–Trinajstić information content (AvgIpc) is 2.60. The molecule has 15 heavy (non-hydrogen) atoms. The van der Waals surface area contributed by atoms with Crippen molar-refractivity contribution in [2.24, 2.45) is 5.92 Å². The van der Waals surface area contributed by atoms with Crippen LogP contribution in [-0.4, -0.2) is 18.9 Å². The highest BCUT2D eigenvalue weighted by molar-refractivity contribution is 5.91. The lowest BCUT2D eigenvalue weighted by molar-refractivity contribution is -0.118. The highest BCUT2D eigenvalue weighted by Gasteiger charge is 2.31. The van der Waals surface area contributed by atoms with Gasteiger partial charge in [-0.2, -0.15) is 5.26 Å². The first-order valence-electron chi connectivity index (χ1n) is 4.64. The number of benzene rings is 1. The molecule has 76 valence electrons. The number of hydrogen-bond donors (Lipinski definition) is 0. The number of para-hydroxylation sites is 1. The SMILES string of the molecule is N#C[C@H]1CN(c2ccccc2F)CC1=O. The molecule has 4 heteroatoms. The summed E-state index contributed by atoms with van der Waals surface area (Å²) < 4.78 is 13.4. The van der Waals surface area contributed by atoms with Crippen LogP contribution in [0.4, 0.5) is 10.1 Å². The maximum atomic E-state index is 13.4. The van der Waals surface area contributed by atoms with Gasteiger partial charge in [-0.25, -0.2) is 4.39 Å². The fourth-order valence-corrected chi connectivity index (χ4v) is 1.69. The third-order valence-electron chi connectivity index (χ3n) is 2.49. The molecule has 1 aliphatic rings. The summed E-state index contributed by atoms with van der Waals surface area (Å²) >= 11 is 0. The van der Waals surface area contributed by atoms with Crippen LogP contribution in [0.3, 0.4) is 0 Å². The molecule has 0 amide bonds. The van der Waals surface area contributed by atoms with Gasteiger partial charge in [0.15, 0.2) is 5.78 Å². The molecule has 1 aliphatic heterocycles. The third kappa shape index (κ3) is 1.68. The molecular weight excluding hydrogens is 195 g/mol. The first-order valence-corrected chi connectivity index (χ1v) is 4.64. The molecule has 1 heterocycles. The summed E-state index contributed by atoms with van der Waals surface area (Å²) in [6.07, 6.45) is 0. The number of carbonyl (C=O) groups excluding carboxylic acids is 1. The molecule has 0 radical (unpaired) electrons. The Balaban J connectivity index is 2.25. The second-order valence-corrected chi connectivity index (χ2v) is 3.48. The predicted molar refractivity (Wildman–Crippen MR) is 52.7 cm³/mol. The van der Waals surface area contributed by atoms with Gasteiger partial charge >= 0.3 is 0 Å². The van der Waals surface area contributed by atoms with Gasteiger partial charge in [0.25, 0.3) is 0 Å². The molecule has 1 aromatic carbocycles. The Morgan fingerprint density at radius 1 is 1.47 bits per heavy atom. The van der Waals surface area contributed by atoms with Crippen LogP contribution in [0, 0.1) is 23.1 Å². The second kappa shape index (κ2) is 3.70. The lowest BCUT2D eigenvalue weighted by Gasteiger charge is -2.16. The van der Waals surface area contributed by atoms with Gasteiger partial charge in [-0.05, 0) is 12.1 Å². The third-order valence-corrected chi connectivity index (χ3v) is 2.49. The van der Waals surface area contributed by atoms with Crippen molar-refractivity contribution in [2.45, 2.75) is 0 Å². The Kier molecular flexibility index (Phi) is 2.38. The molecular formula is C11H9FN2O. The largest absolute Gasteiger partial charge is 0.360 e. The molecule has 0 spiro atoms. The molecule has 1 fully saturated rings. The molecule has 1 aromatic rings. The fraction of sp³-hybridized carbons (Fsp3) is 0.273. The molecule has 1 saturated heterocycles. The van der Waals surface area contributed by atoms with Crippen molar-refractivity contribution in [3.8, 4) is 6.07 Å². The van der Waals surface area contributed by atoms with Gasteiger partial charge in [-0.3, -0.25) is 4.79 Å². The van der Waals surface area contributed by atoms with Crippen molar-refractivity contribution in [2.75, 3.05) is 18.0 Å². The topological polar surface area (TPSA) is 44.1 Å². The summed E-state index contributed by atoms with van der Waals surface area (Å²) in [6.45, 7) is 0.412. The summed E-state index contributed by atoms with van der Waals surface area (Å²) in [4.78, 5) is 12.9. The van der Waals surface area contributed by atoms with E-state index in [-0.39, 0.29) is 24.7 Å². The number of nitriles is 1. The summed E-state index contributed by atoms with van der Waals surface area (Å²) in [5.41, 5.74) is 0.392. The number of carbonyl (C=O) groups is 1. The smallest absolute Gasteiger partial charge is 0.170 e. The number of hydrogen-bond acceptors (Lipinski definition) is 3. The Labute approximate surface area is 86.7 Å². The van der Waals surface area contributed by atoms with Crippen molar-refractivity contribution < 1.29 is 9.18 Å². The number of anilines is 1. The number of ketones is 1. The summed E-state index contributed by atoms with van der Waals surface area (Å²) in [7, 11) is 0. The molecule has 2 rings (SSSR count). The van der Waals surface area contributed by atoms with Crippen LogP contribution in [0.25, 0.3) is 0 Å². The van der Waals surface area contributed by atoms with Crippen LogP contribution < -0.4 is 4.90 Å². The van der Waals surface area contributed by atoms with Crippen LogP contribution in [0.1, 0.15) is 0 Å². The van der Waals surface area contributed by atoms with E-state index < -0.39 is 5.92 Å². The van der Waals surface area contributed by atoms with Crippen LogP contribution in [0.15, 0.2) is 24.3 Å². The van der Waals surface area contributed by atoms with E-state index >= 15 is 0 Å². The van der Waals surface area contributed by atoms with Crippen molar-refractivity contribution in [3.63, 3.8) is 0 Å². The summed E-state index contributed by atoms with van der Waals surface area (Å²) in [5, 5.41) is 8.68. The summed E-state index contributed by atoms with van der Waals surface area (Å²) in [6, 6.07) is 8.19. The number of rotatable bonds is 1. The van der Waals surface area contributed by atoms with Crippen molar-refractivity contribution in [1.29, 1.82) is 5.26 Å². The zero-order valence-corrected chi connectivity index (χ0v) is 7.98. The highest BCUT2D eigenvalue weighted by atomic mass is 19.1. The molecule has 0 N–H and O–H groups in total. The maximum Gasteiger partial charge on any atom is 0.170 e. The van der Waals surface area contributed by atoms with Gasteiger partial charge in [0.2, 0.25) is 0 Å². The van der Waals surface area contributed by atoms with Crippen LogP contribution in [0.2, 0.25) is 0 Å². The monoisotopic (exact) mass is 204 g/mol. The summed E-state index contributed by atoms with van der Waals surface area (Å²) in [5.74, 6) is -1.12. The number of Topliss-reactive ketones (excluding diaryl/α,β-unsaturated/α-hetero) is 1. The van der Waals surface area contributed by atoms with E-state index in [9.17, 15) is 9.18 Å². The number of halogens is 1. The van der Waals surface area contributed by atoms with Crippen LogP contribution in [0.5, 0.6) is 0 Å². The fourth-order valence-electron chi connectivity index (χ4n) is 1.69. The van der Waals surface area contributed by atoms with Crippen LogP contribution >= 0.6 is 0 Å². The van der Waals surface area contributed by atoms with Crippen molar-refractivity contribution >= 4 is 11.5 Å². The van der Waals surface area contributed by atoms with Gasteiger partial charge in [0, 0.05) is 6.54 Å². The van der Waals surface area contributed by atoms with Gasteiger partial charge in [-0.1, -0.05) is 12.1 Å². The van der Waals surface area contributed by atoms with Gasteiger partial charge in [-0.15, -0.1) is 0 Å². The van der Waals surface area contributed by atoms with E-state index in [2.05, 4.69) is 0 Å². The van der Waals surface area contributed by atoms with E-state index in [0.717, 1.165) is 0 Å². The molecule has 3 nitrogen and oxygen atoms in total. The minimum absolute atomic E-state index is 0.124. The Hall–Kier alpha value is -1.89. The molecule has 0 aromatic heterocycles. The first kappa shape index (κ1) is 9.66. The average molecular weight is 204 g/mol. The van der Waals surface area contributed by atoms with Crippen molar-refractivity contribution in [1.82, 2.24) is 0 Å². The minimum Gasteiger partial charge on any atom is -0.360 e. The molecule has 0 bridgehead atoms. The van der Waals surface area contributed by atoms with Gasteiger partial charge in [0.05, 0.1) is 18.3 Å². The van der Waals surface area contributed by atoms with E-state index in [1.54, 1.807) is 23.1 Å². The lowest BCUT2D eigenvalue weighted by atomic mass is 10.1. The van der Waals surface area contributed by atoms with Gasteiger partial charge in [0.1, 0.15) is 11.7 Å². The van der Waals surface area contributed by atoms with Crippen molar-refractivity contribution in [3.05, 3.63) is 30.1 Å². The molecule has 0 aliphatic carbocycles. The maximum absolute atomic E-state index is 13.4. The van der Waals surface area contributed by atoms with Crippen LogP contribution in [-0.2, 0) is 4.79 Å². The molecule has 0 unspecified atom stereocenters. The number of nitrogens with zero attached hydrogens (tertiary/aromatic N) is 2. The highest BCUT2D eigenvalue weighted by Crippen LogP contribution is 2.23. The minimum atomic E-state index is -0.621. The Morgan fingerprint density at radius 2 is 2.20 bits per heavy atom. The molecule has 0 saturated carbocycles. The van der Waals surface area contributed by atoms with Gasteiger partial charge < -0.3 is 4.90 Å². The second-order valence-electron chi connectivity index (χ2n) is 3.48. The standard InChI is InChI=1S/C11H9FN2O/c12-9-3-1-2-4-10(9)14-6-8(5-13)11(15)7-14/h1-4,8H,6-7H2/t8-/m0/s1. The predicted octanol–water partition coefficient (Wildman–Crippen LogP) is 1.35. The molecule has 1 atom stereocenters. The van der Waals surface area contributed by atoms with E-state index in [0.29, 0.717) is 5.69 Å². The zero-order chi connectivity index (χ0) is 10.8. The Bertz CT molecular complexity index is 438. The van der Waals surface area contributed by atoms with E-state index in [1.165, 1.54) is 6.07 Å². The van der Waals surface area contributed by atoms with E-state index in [1.807, 2.05) is 6.07 Å². The normalized spacial score (nSPS) is 20.4. The Morgan fingerprint density at radius 3 is 2.80 bits per heavy atom. The van der Waals surface area contributed by atoms with E-state index in [4.69, 9.17) is 5.26 Å².